The Kier molecular flexibility index (Phi) is 3.73. The molecule has 3 heterocycles. The van der Waals surface area contributed by atoms with E-state index in [2.05, 4.69) is 15.4 Å². The molecule has 0 bridgehead atoms. The smallest absolute Gasteiger partial charge is 0.226 e. The monoisotopic (exact) mass is 398 g/mol. The van der Waals surface area contributed by atoms with Crippen LogP contribution in [0.3, 0.4) is 0 Å². The van der Waals surface area contributed by atoms with Crippen molar-refractivity contribution in [2.75, 3.05) is 5.32 Å². The number of thiazole rings is 1. The second kappa shape index (κ2) is 6.14. The molecule has 5 rings (SSSR count). The molecule has 1 atom stereocenters. The number of carbonyl (C=O) groups is 1. The summed E-state index contributed by atoms with van der Waals surface area (Å²) in [6.07, 6.45) is 1.76. The van der Waals surface area contributed by atoms with Crippen LogP contribution in [0.15, 0.2) is 48.7 Å². The zero-order valence-electron chi connectivity index (χ0n) is 13.8. The Balaban J connectivity index is 1.67. The Bertz CT molecular complexity index is 1150. The number of anilines is 1. The first kappa shape index (κ1) is 16.4. The second-order valence-electron chi connectivity index (χ2n) is 6.26. The third kappa shape index (κ3) is 2.62. The molecule has 1 N–H and O–H groups in total. The van der Waals surface area contributed by atoms with Gasteiger partial charge in [0.25, 0.3) is 0 Å². The maximum absolute atomic E-state index is 14.5. The minimum atomic E-state index is -0.495. The summed E-state index contributed by atoms with van der Waals surface area (Å²) in [5.74, 6) is -0.629. The summed E-state index contributed by atoms with van der Waals surface area (Å²) in [6.45, 7) is 0. The van der Waals surface area contributed by atoms with Gasteiger partial charge in [0.15, 0.2) is 0 Å². The number of nitrogens with zero attached hydrogens (tertiary/aromatic N) is 3. The van der Waals surface area contributed by atoms with Gasteiger partial charge in [-0.1, -0.05) is 41.1 Å². The van der Waals surface area contributed by atoms with Crippen LogP contribution in [0, 0.1) is 5.82 Å². The topological polar surface area (TPSA) is 59.8 Å². The minimum absolute atomic E-state index is 0.110. The number of rotatable bonds is 2. The van der Waals surface area contributed by atoms with Crippen LogP contribution >= 0.6 is 22.9 Å². The largest absolute Gasteiger partial charge is 0.310 e. The zero-order chi connectivity index (χ0) is 18.5. The average Bonchev–Trinajstić information content (AvgIpc) is 3.24. The molecule has 134 valence electrons. The molecule has 0 saturated heterocycles. The van der Waals surface area contributed by atoms with E-state index >= 15 is 0 Å². The summed E-state index contributed by atoms with van der Waals surface area (Å²) in [4.78, 5) is 16.9. The lowest BCUT2D eigenvalue weighted by Gasteiger charge is -2.24. The number of carbonyl (C=O) groups excluding carboxylic acids is 1. The van der Waals surface area contributed by atoms with Gasteiger partial charge in [0.05, 0.1) is 16.4 Å². The normalized spacial score (nSPS) is 16.4. The van der Waals surface area contributed by atoms with Crippen molar-refractivity contribution in [3.05, 3.63) is 70.6 Å². The van der Waals surface area contributed by atoms with Gasteiger partial charge in [-0.05, 0) is 24.3 Å². The van der Waals surface area contributed by atoms with Crippen molar-refractivity contribution >= 4 is 44.9 Å². The fraction of sp³-hybridized carbons (Fsp3) is 0.105. The van der Waals surface area contributed by atoms with Crippen molar-refractivity contribution in [1.29, 1.82) is 0 Å². The van der Waals surface area contributed by atoms with Crippen molar-refractivity contribution in [2.45, 2.75) is 12.3 Å². The van der Waals surface area contributed by atoms with Gasteiger partial charge in [0.2, 0.25) is 11.0 Å². The Morgan fingerprint density at radius 1 is 1.22 bits per heavy atom. The molecule has 0 radical (unpaired) electrons. The number of fused-ring (bicyclic) bond motifs is 2. The van der Waals surface area contributed by atoms with Crippen molar-refractivity contribution in [3.8, 4) is 5.13 Å². The van der Waals surface area contributed by atoms with Crippen LogP contribution in [0.1, 0.15) is 23.5 Å². The molecule has 27 heavy (non-hydrogen) atoms. The van der Waals surface area contributed by atoms with E-state index in [0.717, 1.165) is 15.8 Å². The Labute approximate surface area is 162 Å². The lowest BCUT2D eigenvalue weighted by atomic mass is 9.87. The third-order valence-corrected chi connectivity index (χ3v) is 5.97. The van der Waals surface area contributed by atoms with E-state index in [1.165, 1.54) is 17.4 Å². The van der Waals surface area contributed by atoms with Crippen LogP contribution in [0.5, 0.6) is 0 Å². The van der Waals surface area contributed by atoms with Crippen molar-refractivity contribution in [3.63, 3.8) is 0 Å². The van der Waals surface area contributed by atoms with Gasteiger partial charge in [-0.3, -0.25) is 4.79 Å². The van der Waals surface area contributed by atoms with Gasteiger partial charge < -0.3 is 5.32 Å². The number of halogens is 2. The van der Waals surface area contributed by atoms with E-state index in [9.17, 15) is 9.18 Å². The molecular formula is C19H12ClFN4OS. The molecule has 1 unspecified atom stereocenters. The number of hydrogen-bond acceptors (Lipinski definition) is 4. The summed E-state index contributed by atoms with van der Waals surface area (Å²) >= 11 is 7.72. The predicted octanol–water partition coefficient (Wildman–Crippen LogP) is 4.75. The van der Waals surface area contributed by atoms with Crippen molar-refractivity contribution in [2.24, 2.45) is 0 Å². The van der Waals surface area contributed by atoms with Crippen LogP contribution < -0.4 is 5.32 Å². The highest BCUT2D eigenvalue weighted by Crippen LogP contribution is 2.42. The SMILES string of the molecule is O=C1CC(c2c(F)cccc2Cl)c2cnn(-c3nc4ccccc4s3)c2N1. The van der Waals surface area contributed by atoms with Gasteiger partial charge >= 0.3 is 0 Å². The summed E-state index contributed by atoms with van der Waals surface area (Å²) in [5.41, 5.74) is 1.90. The fourth-order valence-electron chi connectivity index (χ4n) is 3.42. The van der Waals surface area contributed by atoms with Gasteiger partial charge in [0, 0.05) is 28.5 Å². The third-order valence-electron chi connectivity index (χ3n) is 4.63. The number of para-hydroxylation sites is 1. The van der Waals surface area contributed by atoms with Gasteiger partial charge in [-0.15, -0.1) is 0 Å². The number of amides is 1. The molecule has 1 aliphatic rings. The Morgan fingerprint density at radius 3 is 2.89 bits per heavy atom. The van der Waals surface area contributed by atoms with Gasteiger partial charge in [-0.2, -0.15) is 9.78 Å². The first-order valence-corrected chi connectivity index (χ1v) is 9.49. The summed E-state index contributed by atoms with van der Waals surface area (Å²) in [6, 6.07) is 12.3. The molecule has 1 aliphatic heterocycles. The summed E-state index contributed by atoms with van der Waals surface area (Å²) < 4.78 is 17.1. The molecule has 8 heteroatoms. The number of nitrogens with one attached hydrogen (secondary N) is 1. The van der Waals surface area contributed by atoms with Crippen LogP contribution in [-0.2, 0) is 4.79 Å². The molecule has 1 amide bonds. The van der Waals surface area contributed by atoms with E-state index in [4.69, 9.17) is 11.6 Å². The van der Waals surface area contributed by atoms with E-state index in [0.29, 0.717) is 21.5 Å². The molecule has 0 saturated carbocycles. The summed E-state index contributed by atoms with van der Waals surface area (Å²) in [5, 5.41) is 8.21. The van der Waals surface area contributed by atoms with E-state index < -0.39 is 11.7 Å². The maximum Gasteiger partial charge on any atom is 0.226 e. The highest BCUT2D eigenvalue weighted by molar-refractivity contribution is 7.20. The Morgan fingerprint density at radius 2 is 2.07 bits per heavy atom. The number of aromatic nitrogens is 3. The van der Waals surface area contributed by atoms with Crippen LogP contribution in [0.4, 0.5) is 10.2 Å². The van der Waals surface area contributed by atoms with E-state index in [1.54, 1.807) is 23.0 Å². The quantitative estimate of drug-likeness (QED) is 0.530. The number of benzene rings is 2. The van der Waals surface area contributed by atoms with Crippen LogP contribution in [0.2, 0.25) is 5.02 Å². The van der Waals surface area contributed by atoms with E-state index in [1.807, 2.05) is 24.3 Å². The molecule has 0 spiro atoms. The average molecular weight is 399 g/mol. The minimum Gasteiger partial charge on any atom is -0.310 e. The fourth-order valence-corrected chi connectivity index (χ4v) is 4.64. The molecule has 2 aromatic heterocycles. The molecule has 0 aliphatic carbocycles. The highest BCUT2D eigenvalue weighted by Gasteiger charge is 2.33. The van der Waals surface area contributed by atoms with Crippen molar-refractivity contribution < 1.29 is 9.18 Å². The highest BCUT2D eigenvalue weighted by atomic mass is 35.5. The first-order valence-electron chi connectivity index (χ1n) is 8.29. The molecule has 5 nitrogen and oxygen atoms in total. The zero-order valence-corrected chi connectivity index (χ0v) is 15.4. The molecule has 4 aromatic rings. The lowest BCUT2D eigenvalue weighted by molar-refractivity contribution is -0.116. The number of hydrogen-bond donors (Lipinski definition) is 1. The second-order valence-corrected chi connectivity index (χ2v) is 7.68. The standard InChI is InChI=1S/C19H12ClFN4OS/c20-12-4-3-5-13(21)17(12)10-8-16(26)24-18-11(10)9-22-25(18)19-23-14-6-1-2-7-15(14)27-19/h1-7,9-10H,8H2,(H,24,26). The first-order chi connectivity index (χ1) is 13.1. The molecule has 0 fully saturated rings. The van der Waals surface area contributed by atoms with Crippen LogP contribution in [0.25, 0.3) is 15.3 Å². The summed E-state index contributed by atoms with van der Waals surface area (Å²) in [7, 11) is 0. The predicted molar refractivity (Wildman–Crippen MR) is 103 cm³/mol. The molecular weight excluding hydrogens is 387 g/mol. The lowest BCUT2D eigenvalue weighted by Crippen LogP contribution is -2.25. The van der Waals surface area contributed by atoms with Crippen molar-refractivity contribution in [1.82, 2.24) is 14.8 Å². The van der Waals surface area contributed by atoms with Gasteiger partial charge in [0.1, 0.15) is 11.6 Å². The van der Waals surface area contributed by atoms with Crippen LogP contribution in [-0.4, -0.2) is 20.7 Å². The van der Waals surface area contributed by atoms with Gasteiger partial charge in [-0.25, -0.2) is 9.37 Å². The molecule has 2 aromatic carbocycles. The van der Waals surface area contributed by atoms with E-state index in [-0.39, 0.29) is 12.3 Å². The Hall–Kier alpha value is -2.77. The maximum atomic E-state index is 14.5.